The molecule has 35 heavy (non-hydrogen) atoms. The minimum Gasteiger partial charge on any atom is -0.460 e. The van der Waals surface area contributed by atoms with E-state index in [1.807, 2.05) is 30.3 Å². The summed E-state index contributed by atoms with van der Waals surface area (Å²) in [5.74, 6) is -0.469. The lowest BCUT2D eigenvalue weighted by Crippen LogP contribution is -2.27. The number of fused-ring (bicyclic) bond motifs is 1. The van der Waals surface area contributed by atoms with E-state index in [-0.39, 0.29) is 18.7 Å². The number of aliphatic hydroxyl groups excluding tert-OH is 2. The maximum absolute atomic E-state index is 13.7. The van der Waals surface area contributed by atoms with Crippen LogP contribution in [0.2, 0.25) is 0 Å². The van der Waals surface area contributed by atoms with E-state index < -0.39 is 23.8 Å². The Balaban J connectivity index is 1.64. The topological polar surface area (TPSA) is 79.7 Å². The van der Waals surface area contributed by atoms with Gasteiger partial charge >= 0.3 is 5.97 Å². The summed E-state index contributed by atoms with van der Waals surface area (Å²) >= 11 is 0. The Kier molecular flexibility index (Phi) is 7.33. The maximum Gasteiger partial charge on any atom is 0.308 e. The highest BCUT2D eigenvalue weighted by molar-refractivity contribution is 5.99. The van der Waals surface area contributed by atoms with Crippen molar-refractivity contribution in [2.75, 3.05) is 0 Å². The molecule has 4 rings (SSSR count). The van der Waals surface area contributed by atoms with Crippen molar-refractivity contribution in [1.29, 1.82) is 0 Å². The lowest BCUT2D eigenvalue weighted by atomic mass is 9.92. The van der Waals surface area contributed by atoms with Gasteiger partial charge in [0.2, 0.25) is 0 Å². The van der Waals surface area contributed by atoms with Crippen molar-refractivity contribution in [1.82, 2.24) is 4.98 Å². The molecule has 5 nitrogen and oxygen atoms in total. The third kappa shape index (κ3) is 6.53. The average Bonchev–Trinajstić information content (AvgIpc) is 3.61. The third-order valence-corrected chi connectivity index (χ3v) is 5.88. The van der Waals surface area contributed by atoms with Gasteiger partial charge in [-0.25, -0.2) is 4.39 Å². The summed E-state index contributed by atoms with van der Waals surface area (Å²) in [4.78, 5) is 16.9. The Labute approximate surface area is 205 Å². The molecule has 0 radical (unpaired) electrons. The Morgan fingerprint density at radius 2 is 1.83 bits per heavy atom. The molecule has 0 spiro atoms. The molecule has 1 aliphatic rings. The smallest absolute Gasteiger partial charge is 0.308 e. The van der Waals surface area contributed by atoms with Gasteiger partial charge in [-0.1, -0.05) is 42.5 Å². The fourth-order valence-corrected chi connectivity index (χ4v) is 4.23. The molecule has 0 bridgehead atoms. The maximum atomic E-state index is 13.7. The van der Waals surface area contributed by atoms with E-state index in [0.29, 0.717) is 5.92 Å². The first kappa shape index (κ1) is 25.0. The molecule has 2 atom stereocenters. The van der Waals surface area contributed by atoms with Crippen LogP contribution in [0, 0.1) is 5.82 Å². The van der Waals surface area contributed by atoms with Gasteiger partial charge in [-0.2, -0.15) is 0 Å². The Hall–Kier alpha value is -3.09. The van der Waals surface area contributed by atoms with Crippen LogP contribution in [0.4, 0.5) is 4.39 Å². The summed E-state index contributed by atoms with van der Waals surface area (Å²) in [5.41, 5.74) is 3.90. The molecule has 1 saturated carbocycles. The molecule has 1 aromatic heterocycles. The highest BCUT2D eigenvalue weighted by Crippen LogP contribution is 2.45. The molecule has 2 N–H and O–H groups in total. The van der Waals surface area contributed by atoms with Crippen LogP contribution < -0.4 is 0 Å². The van der Waals surface area contributed by atoms with Crippen LogP contribution in [0.15, 0.2) is 54.6 Å². The SMILES string of the molecule is CC(C)(C)OC(=O)C[C@H](O)C[C@@H](O)/C=C/c1c(C2CC2)nc2ccccc2c1-c1ccc(F)cc1. The van der Waals surface area contributed by atoms with Crippen LogP contribution in [0.3, 0.4) is 0 Å². The number of hydrogen-bond donors (Lipinski definition) is 2. The number of ether oxygens (including phenoxy) is 1. The number of rotatable bonds is 8. The van der Waals surface area contributed by atoms with Crippen LogP contribution >= 0.6 is 0 Å². The lowest BCUT2D eigenvalue weighted by molar-refractivity contribution is -0.157. The first-order valence-electron chi connectivity index (χ1n) is 12.1. The summed E-state index contributed by atoms with van der Waals surface area (Å²) < 4.78 is 18.9. The molecule has 0 aliphatic heterocycles. The van der Waals surface area contributed by atoms with Crippen LogP contribution in [0.5, 0.6) is 0 Å². The van der Waals surface area contributed by atoms with Crippen molar-refractivity contribution in [2.24, 2.45) is 0 Å². The fourth-order valence-electron chi connectivity index (χ4n) is 4.23. The molecule has 1 fully saturated rings. The molecular formula is C29H32FNO4. The zero-order chi connectivity index (χ0) is 25.2. The third-order valence-electron chi connectivity index (χ3n) is 5.88. The second-order valence-corrected chi connectivity index (χ2v) is 10.2. The van der Waals surface area contributed by atoms with E-state index in [2.05, 4.69) is 0 Å². The van der Waals surface area contributed by atoms with Gasteiger partial charge in [-0.05, 0) is 57.4 Å². The minimum absolute atomic E-state index is 0.00139. The monoisotopic (exact) mass is 477 g/mol. The highest BCUT2D eigenvalue weighted by atomic mass is 19.1. The number of nitrogens with zero attached hydrogens (tertiary/aromatic N) is 1. The van der Waals surface area contributed by atoms with E-state index in [4.69, 9.17) is 9.72 Å². The molecule has 0 amide bonds. The zero-order valence-corrected chi connectivity index (χ0v) is 20.4. The zero-order valence-electron chi connectivity index (χ0n) is 20.4. The summed E-state index contributed by atoms with van der Waals surface area (Å²) in [6.45, 7) is 5.30. The van der Waals surface area contributed by atoms with E-state index in [0.717, 1.165) is 46.1 Å². The summed E-state index contributed by atoms with van der Waals surface area (Å²) in [5, 5.41) is 21.9. The number of carbonyl (C=O) groups is 1. The van der Waals surface area contributed by atoms with Crippen molar-refractivity contribution >= 4 is 22.9 Å². The fraction of sp³-hybridized carbons (Fsp3) is 0.379. The highest BCUT2D eigenvalue weighted by Gasteiger charge is 2.29. The average molecular weight is 478 g/mol. The van der Waals surface area contributed by atoms with Gasteiger partial charge in [-0.15, -0.1) is 0 Å². The Morgan fingerprint density at radius 3 is 2.49 bits per heavy atom. The number of esters is 1. The lowest BCUT2D eigenvalue weighted by Gasteiger charge is -2.21. The van der Waals surface area contributed by atoms with Crippen LogP contribution in [0.1, 0.15) is 63.6 Å². The van der Waals surface area contributed by atoms with Crippen LogP contribution in [-0.4, -0.2) is 39.0 Å². The van der Waals surface area contributed by atoms with Gasteiger partial charge in [0, 0.05) is 28.9 Å². The number of aromatic nitrogens is 1. The first-order valence-corrected chi connectivity index (χ1v) is 12.1. The Bertz CT molecular complexity index is 1230. The first-order chi connectivity index (χ1) is 16.6. The molecule has 2 aromatic carbocycles. The second-order valence-electron chi connectivity index (χ2n) is 10.2. The van der Waals surface area contributed by atoms with Gasteiger partial charge in [0.25, 0.3) is 0 Å². The van der Waals surface area contributed by atoms with E-state index in [9.17, 15) is 19.4 Å². The van der Waals surface area contributed by atoms with Crippen LogP contribution in [0.25, 0.3) is 28.1 Å². The largest absolute Gasteiger partial charge is 0.460 e. The van der Waals surface area contributed by atoms with Crippen LogP contribution in [-0.2, 0) is 9.53 Å². The van der Waals surface area contributed by atoms with E-state index in [1.54, 1.807) is 39.0 Å². The number of carbonyl (C=O) groups excluding carboxylic acids is 1. The number of pyridine rings is 1. The number of halogens is 1. The number of hydrogen-bond acceptors (Lipinski definition) is 5. The van der Waals surface area contributed by atoms with E-state index in [1.165, 1.54) is 12.1 Å². The molecule has 6 heteroatoms. The Morgan fingerprint density at radius 1 is 1.14 bits per heavy atom. The second kappa shape index (κ2) is 10.3. The molecule has 184 valence electrons. The predicted molar refractivity (Wildman–Crippen MR) is 135 cm³/mol. The molecule has 1 heterocycles. The van der Waals surface area contributed by atoms with Crippen molar-refractivity contribution in [3.63, 3.8) is 0 Å². The van der Waals surface area contributed by atoms with Gasteiger partial charge in [0.1, 0.15) is 11.4 Å². The van der Waals surface area contributed by atoms with Gasteiger partial charge in [0.15, 0.2) is 0 Å². The summed E-state index contributed by atoms with van der Waals surface area (Å²) in [6.07, 6.45) is 3.39. The number of benzene rings is 2. The summed E-state index contributed by atoms with van der Waals surface area (Å²) in [7, 11) is 0. The van der Waals surface area contributed by atoms with Gasteiger partial charge in [-0.3, -0.25) is 9.78 Å². The molecule has 1 aliphatic carbocycles. The standard InChI is InChI=1S/C29H32FNO4/c1-29(2,3)35-26(34)17-22(33)16-21(32)14-15-24-27(18-10-12-20(30)13-11-18)23-6-4-5-7-25(23)31-28(24)19-8-9-19/h4-7,10-15,19,21-22,32-33H,8-9,16-17H2,1-3H3/b15-14+/t21-,22+/m0/s1. The normalized spacial score (nSPS) is 15.9. The van der Waals surface area contributed by atoms with Crippen molar-refractivity contribution in [2.45, 2.75) is 70.2 Å². The summed E-state index contributed by atoms with van der Waals surface area (Å²) in [6, 6.07) is 14.3. The molecule has 3 aromatic rings. The molecular weight excluding hydrogens is 445 g/mol. The van der Waals surface area contributed by atoms with Crippen molar-refractivity contribution in [3.05, 3.63) is 71.7 Å². The quantitative estimate of drug-likeness (QED) is 0.402. The van der Waals surface area contributed by atoms with Gasteiger partial charge < -0.3 is 14.9 Å². The molecule has 0 unspecified atom stereocenters. The van der Waals surface area contributed by atoms with Crippen molar-refractivity contribution in [3.8, 4) is 11.1 Å². The van der Waals surface area contributed by atoms with E-state index >= 15 is 0 Å². The minimum atomic E-state index is -1.03. The van der Waals surface area contributed by atoms with Gasteiger partial charge in [0.05, 0.1) is 29.8 Å². The van der Waals surface area contributed by atoms with Crippen molar-refractivity contribution < 1.29 is 24.1 Å². The predicted octanol–water partition coefficient (Wildman–Crippen LogP) is 5.78. The number of aliphatic hydroxyl groups is 2. The molecule has 0 saturated heterocycles. The number of para-hydroxylation sites is 1.